The first-order valence-corrected chi connectivity index (χ1v) is 6.86. The molecule has 1 aromatic rings. The number of hydrogen-bond donors (Lipinski definition) is 2. The van der Waals surface area contributed by atoms with Gasteiger partial charge in [0.1, 0.15) is 11.4 Å². The van der Waals surface area contributed by atoms with Gasteiger partial charge in [0.25, 0.3) is 0 Å². The number of nitrogens with two attached hydrogens (primary N) is 1. The molecule has 1 rings (SSSR count). The summed E-state index contributed by atoms with van der Waals surface area (Å²) in [5.74, 6) is -2.23. The van der Waals surface area contributed by atoms with Gasteiger partial charge in [-0.1, -0.05) is 0 Å². The summed E-state index contributed by atoms with van der Waals surface area (Å²) in [6.45, 7) is 4.85. The molecule has 9 heteroatoms. The number of nitrogens with zero attached hydrogens (tertiary/aromatic N) is 1. The Kier molecular flexibility index (Phi) is 5.97. The molecule has 0 aliphatic carbocycles. The van der Waals surface area contributed by atoms with Gasteiger partial charge in [-0.15, -0.1) is 0 Å². The molecule has 0 saturated carbocycles. The molecule has 0 aliphatic rings. The third-order valence-corrected chi connectivity index (χ3v) is 2.82. The molecule has 128 valence electrons. The minimum absolute atomic E-state index is 0.124. The van der Waals surface area contributed by atoms with E-state index in [0.717, 1.165) is 12.1 Å². The second-order valence-corrected chi connectivity index (χ2v) is 5.90. The van der Waals surface area contributed by atoms with Crippen LogP contribution >= 0.6 is 0 Å². The SMILES string of the molecule is CC(C)(C)OC(=O)NC(CN)Cc1c(F)ccc([N+](=O)[O-])c1F. The highest BCUT2D eigenvalue weighted by molar-refractivity contribution is 5.68. The number of nitro benzene ring substituents is 1. The lowest BCUT2D eigenvalue weighted by atomic mass is 10.0. The van der Waals surface area contributed by atoms with Crippen molar-refractivity contribution in [2.45, 2.75) is 38.8 Å². The number of nitrogens with one attached hydrogen (secondary N) is 1. The van der Waals surface area contributed by atoms with E-state index in [1.54, 1.807) is 20.8 Å². The number of alkyl carbamates (subject to hydrolysis) is 1. The number of amides is 1. The second-order valence-electron chi connectivity index (χ2n) is 5.90. The summed E-state index contributed by atoms with van der Waals surface area (Å²) in [6, 6.07) is 0.709. The number of halogens is 2. The molecule has 0 heterocycles. The molecule has 0 fully saturated rings. The molecule has 0 radical (unpaired) electrons. The Morgan fingerprint density at radius 1 is 1.43 bits per heavy atom. The van der Waals surface area contributed by atoms with E-state index in [4.69, 9.17) is 10.5 Å². The molecule has 0 aromatic heterocycles. The Bertz CT molecular complexity index is 602. The third-order valence-electron chi connectivity index (χ3n) is 2.82. The molecule has 23 heavy (non-hydrogen) atoms. The van der Waals surface area contributed by atoms with Gasteiger partial charge < -0.3 is 15.8 Å². The van der Waals surface area contributed by atoms with Crippen molar-refractivity contribution < 1.29 is 23.2 Å². The molecule has 0 saturated heterocycles. The zero-order valence-electron chi connectivity index (χ0n) is 13.1. The summed E-state index contributed by atoms with van der Waals surface area (Å²) in [6.07, 6.45) is -1.13. The maximum atomic E-state index is 14.0. The van der Waals surface area contributed by atoms with Crippen LogP contribution < -0.4 is 11.1 Å². The van der Waals surface area contributed by atoms with Crippen LogP contribution in [0.4, 0.5) is 19.3 Å². The Morgan fingerprint density at radius 2 is 2.04 bits per heavy atom. The van der Waals surface area contributed by atoms with Crippen molar-refractivity contribution in [3.05, 3.63) is 39.4 Å². The molecule has 3 N–H and O–H groups in total. The standard InChI is InChI=1S/C14H19F2N3O4/c1-14(2,3)23-13(20)18-8(7-17)6-9-10(15)4-5-11(12(9)16)19(21)22/h4-5,8H,6-7,17H2,1-3H3,(H,18,20). The van der Waals surface area contributed by atoms with Crippen molar-refractivity contribution in [1.82, 2.24) is 5.32 Å². The minimum atomic E-state index is -1.28. The van der Waals surface area contributed by atoms with E-state index >= 15 is 0 Å². The number of hydrogen-bond acceptors (Lipinski definition) is 5. The summed E-state index contributed by atoms with van der Waals surface area (Å²) in [5.41, 5.74) is 3.39. The van der Waals surface area contributed by atoms with Crippen molar-refractivity contribution in [3.8, 4) is 0 Å². The van der Waals surface area contributed by atoms with Gasteiger partial charge in [0.2, 0.25) is 5.82 Å². The van der Waals surface area contributed by atoms with Crippen molar-refractivity contribution in [1.29, 1.82) is 0 Å². The minimum Gasteiger partial charge on any atom is -0.444 e. The molecule has 0 spiro atoms. The Labute approximate surface area is 131 Å². The fourth-order valence-corrected chi connectivity index (χ4v) is 1.83. The third kappa shape index (κ3) is 5.44. The van der Waals surface area contributed by atoms with Gasteiger partial charge in [0, 0.05) is 30.6 Å². The topological polar surface area (TPSA) is 107 Å². The molecule has 1 amide bonds. The van der Waals surface area contributed by atoms with Crippen LogP contribution in [0.5, 0.6) is 0 Å². The lowest BCUT2D eigenvalue weighted by molar-refractivity contribution is -0.387. The van der Waals surface area contributed by atoms with Crippen LogP contribution in [-0.2, 0) is 11.2 Å². The predicted octanol–water partition coefficient (Wildman–Crippen LogP) is 2.27. The summed E-state index contributed by atoms with van der Waals surface area (Å²) in [7, 11) is 0. The summed E-state index contributed by atoms with van der Waals surface area (Å²) < 4.78 is 32.8. The van der Waals surface area contributed by atoms with Gasteiger partial charge in [0.05, 0.1) is 4.92 Å². The highest BCUT2D eigenvalue weighted by Crippen LogP contribution is 2.24. The fourth-order valence-electron chi connectivity index (χ4n) is 1.83. The number of nitro groups is 1. The lowest BCUT2D eigenvalue weighted by Gasteiger charge is -2.23. The molecule has 7 nitrogen and oxygen atoms in total. The van der Waals surface area contributed by atoms with Gasteiger partial charge in [-0.3, -0.25) is 10.1 Å². The smallest absolute Gasteiger partial charge is 0.407 e. The molecular formula is C14H19F2N3O4. The quantitative estimate of drug-likeness (QED) is 0.635. The van der Waals surface area contributed by atoms with Crippen LogP contribution in [-0.4, -0.2) is 29.2 Å². The van der Waals surface area contributed by atoms with E-state index < -0.39 is 45.5 Å². The maximum absolute atomic E-state index is 14.0. The summed E-state index contributed by atoms with van der Waals surface area (Å²) >= 11 is 0. The van der Waals surface area contributed by atoms with E-state index in [9.17, 15) is 23.7 Å². The summed E-state index contributed by atoms with van der Waals surface area (Å²) in [4.78, 5) is 21.4. The molecular weight excluding hydrogens is 312 g/mol. The van der Waals surface area contributed by atoms with Crippen LogP contribution in [0.15, 0.2) is 12.1 Å². The molecule has 0 bridgehead atoms. The van der Waals surface area contributed by atoms with Crippen molar-refractivity contribution in [2.24, 2.45) is 5.73 Å². The van der Waals surface area contributed by atoms with Gasteiger partial charge in [-0.2, -0.15) is 4.39 Å². The average molecular weight is 331 g/mol. The van der Waals surface area contributed by atoms with Gasteiger partial charge in [0.15, 0.2) is 0 Å². The van der Waals surface area contributed by atoms with Gasteiger partial charge in [-0.05, 0) is 26.8 Å². The molecule has 0 aliphatic heterocycles. The van der Waals surface area contributed by atoms with Crippen LogP contribution in [0.2, 0.25) is 0 Å². The van der Waals surface area contributed by atoms with Gasteiger partial charge >= 0.3 is 11.8 Å². The van der Waals surface area contributed by atoms with E-state index in [1.807, 2.05) is 0 Å². The largest absolute Gasteiger partial charge is 0.444 e. The van der Waals surface area contributed by atoms with Gasteiger partial charge in [-0.25, -0.2) is 9.18 Å². The first-order valence-electron chi connectivity index (χ1n) is 6.86. The van der Waals surface area contributed by atoms with E-state index in [0.29, 0.717) is 0 Å². The van der Waals surface area contributed by atoms with Crippen LogP contribution in [0.3, 0.4) is 0 Å². The number of carbonyl (C=O) groups is 1. The van der Waals surface area contributed by atoms with Crippen LogP contribution in [0.1, 0.15) is 26.3 Å². The normalized spacial score (nSPS) is 12.6. The first-order chi connectivity index (χ1) is 10.5. The Morgan fingerprint density at radius 3 is 2.52 bits per heavy atom. The van der Waals surface area contributed by atoms with E-state index in [-0.39, 0.29) is 13.0 Å². The monoisotopic (exact) mass is 331 g/mol. The maximum Gasteiger partial charge on any atom is 0.407 e. The number of ether oxygens (including phenoxy) is 1. The highest BCUT2D eigenvalue weighted by atomic mass is 19.1. The second kappa shape index (κ2) is 7.32. The van der Waals surface area contributed by atoms with Crippen LogP contribution in [0, 0.1) is 21.7 Å². The fraction of sp³-hybridized carbons (Fsp3) is 0.500. The van der Waals surface area contributed by atoms with E-state index in [1.165, 1.54) is 0 Å². The summed E-state index contributed by atoms with van der Waals surface area (Å²) in [5, 5.41) is 13.1. The molecule has 1 atom stereocenters. The van der Waals surface area contributed by atoms with Crippen molar-refractivity contribution in [3.63, 3.8) is 0 Å². The van der Waals surface area contributed by atoms with E-state index in [2.05, 4.69) is 5.32 Å². The molecule has 1 unspecified atom stereocenters. The average Bonchev–Trinajstić information content (AvgIpc) is 2.39. The molecule has 1 aromatic carbocycles. The first kappa shape index (κ1) is 18.8. The predicted molar refractivity (Wildman–Crippen MR) is 78.9 cm³/mol. The Hall–Kier alpha value is -2.29. The van der Waals surface area contributed by atoms with Crippen molar-refractivity contribution >= 4 is 11.8 Å². The zero-order valence-corrected chi connectivity index (χ0v) is 13.1. The lowest BCUT2D eigenvalue weighted by Crippen LogP contribution is -2.44. The number of rotatable bonds is 5. The van der Waals surface area contributed by atoms with Crippen molar-refractivity contribution in [2.75, 3.05) is 6.54 Å². The highest BCUT2D eigenvalue weighted by Gasteiger charge is 2.25. The van der Waals surface area contributed by atoms with Crippen LogP contribution in [0.25, 0.3) is 0 Å². The Balaban J connectivity index is 2.93. The number of benzene rings is 1. The number of carbonyl (C=O) groups excluding carboxylic acids is 1. The zero-order chi connectivity index (χ0) is 17.8.